The molecule has 1 rings (SSSR count). The van der Waals surface area contributed by atoms with Gasteiger partial charge in [0.15, 0.2) is 5.78 Å². The second kappa shape index (κ2) is 4.61. The van der Waals surface area contributed by atoms with Gasteiger partial charge >= 0.3 is 0 Å². The number of hydrogen-bond donors (Lipinski definition) is 0. The monoisotopic (exact) mass is 170 g/mol. The van der Waals surface area contributed by atoms with Gasteiger partial charge in [0, 0.05) is 13.0 Å². The largest absolute Gasteiger partial charge is 0.370 e. The van der Waals surface area contributed by atoms with Gasteiger partial charge in [0.1, 0.15) is 6.10 Å². The first-order valence-corrected chi connectivity index (χ1v) is 4.93. The molecule has 0 aromatic rings. The number of ether oxygens (including phenoxy) is 1. The van der Waals surface area contributed by atoms with Crippen LogP contribution in [0.25, 0.3) is 0 Å². The lowest BCUT2D eigenvalue weighted by molar-refractivity contribution is -0.131. The molecular formula is C10H18O2. The van der Waals surface area contributed by atoms with Gasteiger partial charge in [-0.3, -0.25) is 4.79 Å². The smallest absolute Gasteiger partial charge is 0.161 e. The quantitative estimate of drug-likeness (QED) is 0.610. The van der Waals surface area contributed by atoms with E-state index in [1.54, 1.807) is 0 Å². The molecule has 0 saturated heterocycles. The number of ketones is 1. The fourth-order valence-corrected chi connectivity index (χ4v) is 1.34. The standard InChI is InChI=1S/C10H18O2/c1-3-7-12-10(8-5-6-8)9(11)4-2/h8,10H,3-7H2,1-2H3. The summed E-state index contributed by atoms with van der Waals surface area (Å²) in [4.78, 5) is 11.4. The van der Waals surface area contributed by atoms with E-state index in [1.807, 2.05) is 6.92 Å². The second-order valence-electron chi connectivity index (χ2n) is 3.45. The van der Waals surface area contributed by atoms with Gasteiger partial charge in [-0.15, -0.1) is 0 Å². The van der Waals surface area contributed by atoms with Crippen LogP contribution in [0.1, 0.15) is 39.5 Å². The van der Waals surface area contributed by atoms with E-state index in [9.17, 15) is 4.79 Å². The van der Waals surface area contributed by atoms with Crippen molar-refractivity contribution in [2.75, 3.05) is 6.61 Å². The topological polar surface area (TPSA) is 26.3 Å². The van der Waals surface area contributed by atoms with E-state index in [4.69, 9.17) is 4.74 Å². The second-order valence-corrected chi connectivity index (χ2v) is 3.45. The SMILES string of the molecule is CCCOC(C(=O)CC)C1CC1. The van der Waals surface area contributed by atoms with Gasteiger partial charge in [0.25, 0.3) is 0 Å². The average Bonchev–Trinajstić information content (AvgIpc) is 2.88. The van der Waals surface area contributed by atoms with Crippen molar-refractivity contribution in [1.29, 1.82) is 0 Å². The third kappa shape index (κ3) is 2.59. The summed E-state index contributed by atoms with van der Waals surface area (Å²) in [6.45, 7) is 4.71. The van der Waals surface area contributed by atoms with Crippen LogP contribution in [-0.2, 0) is 9.53 Å². The van der Waals surface area contributed by atoms with E-state index >= 15 is 0 Å². The van der Waals surface area contributed by atoms with Crippen LogP contribution < -0.4 is 0 Å². The first-order chi connectivity index (χ1) is 5.79. The van der Waals surface area contributed by atoms with Crippen molar-refractivity contribution >= 4 is 5.78 Å². The third-order valence-electron chi connectivity index (χ3n) is 2.22. The molecule has 0 heterocycles. The minimum atomic E-state index is -0.0741. The number of carbonyl (C=O) groups excluding carboxylic acids is 1. The van der Waals surface area contributed by atoms with Crippen LogP contribution in [0.15, 0.2) is 0 Å². The molecular weight excluding hydrogens is 152 g/mol. The Morgan fingerprint density at radius 1 is 1.50 bits per heavy atom. The predicted octanol–water partition coefficient (Wildman–Crippen LogP) is 2.17. The predicted molar refractivity (Wildman–Crippen MR) is 48.1 cm³/mol. The highest BCUT2D eigenvalue weighted by Crippen LogP contribution is 2.35. The summed E-state index contributed by atoms with van der Waals surface area (Å²) >= 11 is 0. The Morgan fingerprint density at radius 2 is 2.17 bits per heavy atom. The lowest BCUT2D eigenvalue weighted by atomic mass is 10.1. The molecule has 0 radical (unpaired) electrons. The highest BCUT2D eigenvalue weighted by molar-refractivity contribution is 5.83. The Balaban J connectivity index is 2.32. The molecule has 0 N–H and O–H groups in total. The molecule has 12 heavy (non-hydrogen) atoms. The van der Waals surface area contributed by atoms with Crippen molar-refractivity contribution in [3.63, 3.8) is 0 Å². The van der Waals surface area contributed by atoms with E-state index in [1.165, 1.54) is 12.8 Å². The highest BCUT2D eigenvalue weighted by Gasteiger charge is 2.35. The van der Waals surface area contributed by atoms with Crippen LogP contribution in [0.2, 0.25) is 0 Å². The minimum absolute atomic E-state index is 0.0741. The van der Waals surface area contributed by atoms with Crippen LogP contribution in [0.4, 0.5) is 0 Å². The summed E-state index contributed by atoms with van der Waals surface area (Å²) < 4.78 is 5.52. The molecule has 70 valence electrons. The van der Waals surface area contributed by atoms with E-state index in [-0.39, 0.29) is 11.9 Å². The van der Waals surface area contributed by atoms with Crippen LogP contribution in [0.5, 0.6) is 0 Å². The van der Waals surface area contributed by atoms with Crippen molar-refractivity contribution in [2.45, 2.75) is 45.6 Å². The molecule has 0 aromatic heterocycles. The van der Waals surface area contributed by atoms with Gasteiger partial charge in [-0.1, -0.05) is 13.8 Å². The first kappa shape index (κ1) is 9.72. The first-order valence-electron chi connectivity index (χ1n) is 4.93. The van der Waals surface area contributed by atoms with Gasteiger partial charge in [-0.2, -0.15) is 0 Å². The number of Topliss-reactive ketones (excluding diaryl/α,β-unsaturated/α-hetero) is 1. The van der Waals surface area contributed by atoms with Crippen LogP contribution in [0.3, 0.4) is 0 Å². The maximum Gasteiger partial charge on any atom is 0.161 e. The molecule has 1 atom stereocenters. The fraction of sp³-hybridized carbons (Fsp3) is 0.900. The molecule has 1 aliphatic rings. The molecule has 0 spiro atoms. The molecule has 1 saturated carbocycles. The summed E-state index contributed by atoms with van der Waals surface area (Å²) in [7, 11) is 0. The molecule has 0 aliphatic heterocycles. The van der Waals surface area contributed by atoms with Crippen molar-refractivity contribution in [2.24, 2.45) is 5.92 Å². The van der Waals surface area contributed by atoms with Crippen LogP contribution >= 0.6 is 0 Å². The summed E-state index contributed by atoms with van der Waals surface area (Å²) in [5, 5.41) is 0. The van der Waals surface area contributed by atoms with E-state index in [2.05, 4.69) is 6.92 Å². The van der Waals surface area contributed by atoms with Gasteiger partial charge in [0.2, 0.25) is 0 Å². The lowest BCUT2D eigenvalue weighted by Crippen LogP contribution is -2.26. The maximum atomic E-state index is 11.4. The molecule has 2 heteroatoms. The highest BCUT2D eigenvalue weighted by atomic mass is 16.5. The van der Waals surface area contributed by atoms with Crippen molar-refractivity contribution in [3.05, 3.63) is 0 Å². The molecule has 0 aromatic carbocycles. The maximum absolute atomic E-state index is 11.4. The minimum Gasteiger partial charge on any atom is -0.370 e. The molecule has 1 fully saturated rings. The molecule has 0 bridgehead atoms. The lowest BCUT2D eigenvalue weighted by Gasteiger charge is -2.14. The van der Waals surface area contributed by atoms with E-state index < -0.39 is 0 Å². The number of carbonyl (C=O) groups is 1. The summed E-state index contributed by atoms with van der Waals surface area (Å²) in [5.74, 6) is 0.829. The molecule has 1 aliphatic carbocycles. The van der Waals surface area contributed by atoms with Gasteiger partial charge in [-0.05, 0) is 25.2 Å². The number of rotatable bonds is 6. The van der Waals surface area contributed by atoms with E-state index in [0.717, 1.165) is 13.0 Å². The summed E-state index contributed by atoms with van der Waals surface area (Å²) in [6.07, 6.45) is 3.90. The van der Waals surface area contributed by atoms with E-state index in [0.29, 0.717) is 12.3 Å². The van der Waals surface area contributed by atoms with Gasteiger partial charge in [-0.25, -0.2) is 0 Å². The number of hydrogen-bond acceptors (Lipinski definition) is 2. The van der Waals surface area contributed by atoms with Crippen molar-refractivity contribution < 1.29 is 9.53 Å². The van der Waals surface area contributed by atoms with Crippen molar-refractivity contribution in [1.82, 2.24) is 0 Å². The third-order valence-corrected chi connectivity index (χ3v) is 2.22. The summed E-state index contributed by atoms with van der Waals surface area (Å²) in [6, 6.07) is 0. The van der Waals surface area contributed by atoms with Crippen LogP contribution in [0, 0.1) is 5.92 Å². The Labute approximate surface area is 74.3 Å². The van der Waals surface area contributed by atoms with Crippen molar-refractivity contribution in [3.8, 4) is 0 Å². The van der Waals surface area contributed by atoms with Crippen LogP contribution in [-0.4, -0.2) is 18.5 Å². The zero-order chi connectivity index (χ0) is 8.97. The zero-order valence-electron chi connectivity index (χ0n) is 8.01. The Kier molecular flexibility index (Phi) is 3.73. The summed E-state index contributed by atoms with van der Waals surface area (Å²) in [5.41, 5.74) is 0. The molecule has 0 amide bonds. The zero-order valence-corrected chi connectivity index (χ0v) is 8.01. The van der Waals surface area contributed by atoms with Gasteiger partial charge < -0.3 is 4.74 Å². The molecule has 2 nitrogen and oxygen atoms in total. The Bertz CT molecular complexity index is 150. The average molecular weight is 170 g/mol. The van der Waals surface area contributed by atoms with Gasteiger partial charge in [0.05, 0.1) is 0 Å². The molecule has 1 unspecified atom stereocenters. The Hall–Kier alpha value is -0.370. The fourth-order valence-electron chi connectivity index (χ4n) is 1.34. The Morgan fingerprint density at radius 3 is 2.58 bits per heavy atom. The normalized spacial score (nSPS) is 19.2.